The van der Waals surface area contributed by atoms with Gasteiger partial charge in [-0.2, -0.15) is 0 Å². The second kappa shape index (κ2) is 14.2. The molecule has 0 atom stereocenters. The van der Waals surface area contributed by atoms with Gasteiger partial charge in [0, 0.05) is 19.1 Å². The Kier molecular flexibility index (Phi) is 11.9. The standard InChI is InChI=1S/C22H31NO2.C2H2O4/c1-22(2,19-9-5-4-6-10-19)20-11-13-21(14-12-20)25-18-8-16-23-15-7-17-24-3;3-1(4)2(5)6/h4-6,9-14,23H,7-8,15-18H2,1-3H3;(H,3,4)(H,5,6). The number of benzene rings is 2. The number of carbonyl (C=O) groups is 2. The van der Waals surface area contributed by atoms with Gasteiger partial charge in [0.2, 0.25) is 0 Å². The van der Waals surface area contributed by atoms with Gasteiger partial charge in [0.05, 0.1) is 6.61 Å². The lowest BCUT2D eigenvalue weighted by Crippen LogP contribution is -2.20. The van der Waals surface area contributed by atoms with Crippen molar-refractivity contribution in [1.82, 2.24) is 5.32 Å². The van der Waals surface area contributed by atoms with Crippen LogP contribution in [0.15, 0.2) is 54.6 Å². The number of hydrogen-bond donors (Lipinski definition) is 3. The molecule has 0 bridgehead atoms. The molecule has 0 fully saturated rings. The molecule has 2 rings (SSSR count). The molecule has 0 aliphatic heterocycles. The van der Waals surface area contributed by atoms with Gasteiger partial charge in [-0.15, -0.1) is 0 Å². The third-order valence-corrected chi connectivity index (χ3v) is 4.72. The molecule has 7 nitrogen and oxygen atoms in total. The van der Waals surface area contributed by atoms with Crippen LogP contribution in [0.25, 0.3) is 0 Å². The summed E-state index contributed by atoms with van der Waals surface area (Å²) in [6, 6.07) is 19.1. The third kappa shape index (κ3) is 10.1. The van der Waals surface area contributed by atoms with Gasteiger partial charge in [-0.3, -0.25) is 0 Å². The number of ether oxygens (including phenoxy) is 2. The van der Waals surface area contributed by atoms with Gasteiger partial charge in [-0.1, -0.05) is 56.3 Å². The molecule has 0 aliphatic rings. The Morgan fingerprint density at radius 2 is 1.35 bits per heavy atom. The summed E-state index contributed by atoms with van der Waals surface area (Å²) in [4.78, 5) is 18.2. The van der Waals surface area contributed by atoms with Gasteiger partial charge in [0.1, 0.15) is 5.75 Å². The van der Waals surface area contributed by atoms with Crippen LogP contribution in [-0.4, -0.2) is 55.6 Å². The lowest BCUT2D eigenvalue weighted by Gasteiger charge is -2.26. The molecule has 0 radical (unpaired) electrons. The summed E-state index contributed by atoms with van der Waals surface area (Å²) >= 11 is 0. The molecule has 170 valence electrons. The Morgan fingerprint density at radius 1 is 0.839 bits per heavy atom. The largest absolute Gasteiger partial charge is 0.494 e. The first-order valence-corrected chi connectivity index (χ1v) is 10.2. The molecule has 0 aliphatic carbocycles. The van der Waals surface area contributed by atoms with Crippen LogP contribution in [0.2, 0.25) is 0 Å². The van der Waals surface area contributed by atoms with Crippen molar-refractivity contribution in [3.63, 3.8) is 0 Å². The van der Waals surface area contributed by atoms with E-state index in [9.17, 15) is 0 Å². The molecule has 0 saturated carbocycles. The number of aliphatic carboxylic acids is 2. The van der Waals surface area contributed by atoms with E-state index in [1.807, 2.05) is 0 Å². The van der Waals surface area contributed by atoms with Crippen LogP contribution < -0.4 is 10.1 Å². The number of carboxylic acid groups (broad SMARTS) is 2. The quantitative estimate of drug-likeness (QED) is 0.369. The molecule has 0 spiro atoms. The molecule has 0 unspecified atom stereocenters. The van der Waals surface area contributed by atoms with Crippen molar-refractivity contribution in [2.24, 2.45) is 0 Å². The summed E-state index contributed by atoms with van der Waals surface area (Å²) in [5.74, 6) is -2.71. The first-order chi connectivity index (χ1) is 14.8. The molecular formula is C24H33NO6. The van der Waals surface area contributed by atoms with Gasteiger partial charge >= 0.3 is 11.9 Å². The molecule has 0 aromatic heterocycles. The average Bonchev–Trinajstić information content (AvgIpc) is 2.77. The molecule has 0 amide bonds. The van der Waals surface area contributed by atoms with Crippen molar-refractivity contribution in [1.29, 1.82) is 0 Å². The lowest BCUT2D eigenvalue weighted by molar-refractivity contribution is -0.159. The fourth-order valence-electron chi connectivity index (χ4n) is 2.84. The zero-order valence-corrected chi connectivity index (χ0v) is 18.5. The second-order valence-corrected chi connectivity index (χ2v) is 7.42. The van der Waals surface area contributed by atoms with E-state index in [2.05, 4.69) is 73.8 Å². The molecule has 2 aromatic carbocycles. The summed E-state index contributed by atoms with van der Waals surface area (Å²) in [7, 11) is 1.74. The molecular weight excluding hydrogens is 398 g/mol. The Labute approximate surface area is 184 Å². The van der Waals surface area contributed by atoms with Gasteiger partial charge < -0.3 is 25.0 Å². The fourth-order valence-corrected chi connectivity index (χ4v) is 2.84. The van der Waals surface area contributed by atoms with E-state index in [4.69, 9.17) is 29.3 Å². The van der Waals surface area contributed by atoms with E-state index in [1.165, 1.54) is 11.1 Å². The summed E-state index contributed by atoms with van der Waals surface area (Å²) in [6.45, 7) is 8.04. The van der Waals surface area contributed by atoms with Crippen molar-refractivity contribution >= 4 is 11.9 Å². The number of hydrogen-bond acceptors (Lipinski definition) is 5. The Morgan fingerprint density at radius 3 is 1.87 bits per heavy atom. The number of methoxy groups -OCH3 is 1. The lowest BCUT2D eigenvalue weighted by atomic mass is 9.78. The monoisotopic (exact) mass is 431 g/mol. The second-order valence-electron chi connectivity index (χ2n) is 7.42. The Bertz CT molecular complexity index is 762. The topological polar surface area (TPSA) is 105 Å². The summed E-state index contributed by atoms with van der Waals surface area (Å²) in [6.07, 6.45) is 2.06. The van der Waals surface area contributed by atoms with E-state index in [1.54, 1.807) is 7.11 Å². The summed E-state index contributed by atoms with van der Waals surface area (Å²) < 4.78 is 10.9. The predicted octanol–water partition coefficient (Wildman–Crippen LogP) is 3.56. The molecule has 3 N–H and O–H groups in total. The van der Waals surface area contributed by atoms with Crippen LogP contribution in [0.3, 0.4) is 0 Å². The van der Waals surface area contributed by atoms with E-state index in [-0.39, 0.29) is 5.41 Å². The van der Waals surface area contributed by atoms with Gasteiger partial charge in [-0.25, -0.2) is 9.59 Å². The smallest absolute Gasteiger partial charge is 0.414 e. The third-order valence-electron chi connectivity index (χ3n) is 4.72. The zero-order valence-electron chi connectivity index (χ0n) is 18.5. The maximum absolute atomic E-state index is 9.10. The van der Waals surface area contributed by atoms with Gasteiger partial charge in [0.25, 0.3) is 0 Å². The predicted molar refractivity (Wildman–Crippen MR) is 120 cm³/mol. The number of carboxylic acids is 2. The first kappa shape index (κ1) is 26.1. The van der Waals surface area contributed by atoms with E-state index >= 15 is 0 Å². The highest BCUT2D eigenvalue weighted by Gasteiger charge is 2.22. The van der Waals surface area contributed by atoms with Crippen LogP contribution in [0.1, 0.15) is 37.8 Å². The minimum atomic E-state index is -1.82. The first-order valence-electron chi connectivity index (χ1n) is 10.2. The van der Waals surface area contributed by atoms with Gasteiger partial charge in [0.15, 0.2) is 0 Å². The number of rotatable bonds is 11. The Hall–Kier alpha value is -2.90. The zero-order chi connectivity index (χ0) is 23.1. The normalized spacial score (nSPS) is 10.7. The van der Waals surface area contributed by atoms with Crippen molar-refractivity contribution in [2.45, 2.75) is 32.1 Å². The average molecular weight is 432 g/mol. The molecule has 31 heavy (non-hydrogen) atoms. The van der Waals surface area contributed by atoms with Crippen LogP contribution >= 0.6 is 0 Å². The van der Waals surface area contributed by atoms with E-state index < -0.39 is 11.9 Å². The van der Waals surface area contributed by atoms with Crippen molar-refractivity contribution in [2.75, 3.05) is 33.4 Å². The fraction of sp³-hybridized carbons (Fsp3) is 0.417. The van der Waals surface area contributed by atoms with Crippen LogP contribution in [0.4, 0.5) is 0 Å². The van der Waals surface area contributed by atoms with Crippen LogP contribution in [0, 0.1) is 0 Å². The Balaban J connectivity index is 0.000000703. The molecule has 0 saturated heterocycles. The molecule has 0 heterocycles. The van der Waals surface area contributed by atoms with Crippen LogP contribution in [0.5, 0.6) is 5.75 Å². The van der Waals surface area contributed by atoms with Gasteiger partial charge in [-0.05, 0) is 49.2 Å². The summed E-state index contributed by atoms with van der Waals surface area (Å²) in [5, 5.41) is 18.2. The maximum Gasteiger partial charge on any atom is 0.414 e. The van der Waals surface area contributed by atoms with Crippen molar-refractivity contribution in [3.05, 3.63) is 65.7 Å². The summed E-state index contributed by atoms with van der Waals surface area (Å²) in [5.41, 5.74) is 2.61. The highest BCUT2D eigenvalue weighted by Crippen LogP contribution is 2.32. The maximum atomic E-state index is 9.10. The highest BCUT2D eigenvalue weighted by atomic mass is 16.5. The van der Waals surface area contributed by atoms with E-state index in [0.717, 1.165) is 44.9 Å². The van der Waals surface area contributed by atoms with Crippen molar-refractivity contribution < 1.29 is 29.3 Å². The van der Waals surface area contributed by atoms with Crippen molar-refractivity contribution in [3.8, 4) is 5.75 Å². The van der Waals surface area contributed by atoms with E-state index in [0.29, 0.717) is 0 Å². The molecule has 2 aromatic rings. The molecule has 7 heteroatoms. The minimum absolute atomic E-state index is 0.00802. The van der Waals surface area contributed by atoms with Crippen LogP contribution in [-0.2, 0) is 19.7 Å². The number of nitrogens with one attached hydrogen (secondary N) is 1. The SMILES string of the molecule is COCCCNCCCOc1ccc(C(C)(C)c2ccccc2)cc1.O=C(O)C(=O)O. The highest BCUT2D eigenvalue weighted by molar-refractivity contribution is 6.27. The minimum Gasteiger partial charge on any atom is -0.494 e.